The van der Waals surface area contributed by atoms with E-state index in [1.807, 2.05) is 12.1 Å². The zero-order chi connectivity index (χ0) is 13.3. The number of nitrogens with zero attached hydrogens (tertiary/aromatic N) is 1. The van der Waals surface area contributed by atoms with Crippen LogP contribution >= 0.6 is 12.2 Å². The maximum atomic E-state index is 5.31. The van der Waals surface area contributed by atoms with Crippen molar-refractivity contribution in [3.8, 4) is 0 Å². The summed E-state index contributed by atoms with van der Waals surface area (Å²) in [4.78, 5) is 1.54. The van der Waals surface area contributed by atoms with E-state index in [1.54, 1.807) is 17.4 Å². The molecule has 2 heterocycles. The van der Waals surface area contributed by atoms with Crippen LogP contribution in [0.5, 0.6) is 0 Å². The Morgan fingerprint density at radius 3 is 3.05 bits per heavy atom. The van der Waals surface area contributed by atoms with Crippen LogP contribution in [-0.4, -0.2) is 50.7 Å². The van der Waals surface area contributed by atoms with Crippen LogP contribution in [0.3, 0.4) is 0 Å². The minimum Gasteiger partial charge on any atom is -0.463 e. The normalized spacial score (nSPS) is 16.6. The molecule has 7 heteroatoms. The van der Waals surface area contributed by atoms with E-state index in [0.717, 1.165) is 39.4 Å². The fraction of sp³-hybridized carbons (Fsp3) is 0.500. The number of hydrogen-bond donors (Lipinski definition) is 3. The highest BCUT2D eigenvalue weighted by atomic mass is 32.1. The molecular formula is C12H19N4O2S+. The van der Waals surface area contributed by atoms with Crippen LogP contribution in [0.25, 0.3) is 0 Å². The fourth-order valence-electron chi connectivity index (χ4n) is 1.82. The Morgan fingerprint density at radius 1 is 1.47 bits per heavy atom. The van der Waals surface area contributed by atoms with Gasteiger partial charge in [0.15, 0.2) is 5.11 Å². The summed E-state index contributed by atoms with van der Waals surface area (Å²) in [5.74, 6) is 0.688. The molecule has 1 aliphatic heterocycles. The van der Waals surface area contributed by atoms with E-state index in [2.05, 4.69) is 15.8 Å². The van der Waals surface area contributed by atoms with E-state index in [1.165, 1.54) is 0 Å². The molecule has 3 N–H and O–H groups in total. The molecule has 1 saturated heterocycles. The molecule has 6 nitrogen and oxygen atoms in total. The van der Waals surface area contributed by atoms with E-state index < -0.39 is 0 Å². The fourth-order valence-corrected chi connectivity index (χ4v) is 1.98. The lowest BCUT2D eigenvalue weighted by Gasteiger charge is -2.23. The number of morpholine rings is 1. The smallest absolute Gasteiger partial charge is 0.187 e. The lowest BCUT2D eigenvalue weighted by molar-refractivity contribution is -0.906. The highest BCUT2D eigenvalue weighted by molar-refractivity contribution is 7.80. The van der Waals surface area contributed by atoms with Gasteiger partial charge in [-0.25, -0.2) is 0 Å². The van der Waals surface area contributed by atoms with Crippen molar-refractivity contribution >= 4 is 23.5 Å². The highest BCUT2D eigenvalue weighted by Crippen LogP contribution is 1.94. The summed E-state index contributed by atoms with van der Waals surface area (Å²) in [5, 5.41) is 7.63. The standard InChI is InChI=1S/C12H18N4O2S/c19-12(15-14-10-11-2-1-7-18-11)13-3-4-16-5-8-17-9-6-16/h1-2,7,10H,3-6,8-9H2,(H2,13,15,19)/p+1/b14-10-. The minimum atomic E-state index is 0.524. The Bertz CT molecular complexity index is 402. The van der Waals surface area contributed by atoms with Gasteiger partial charge in [0.2, 0.25) is 0 Å². The second-order valence-electron chi connectivity index (χ2n) is 4.25. The highest BCUT2D eigenvalue weighted by Gasteiger charge is 2.12. The average Bonchev–Trinajstić information content (AvgIpc) is 2.93. The number of hydrogen-bond acceptors (Lipinski definition) is 4. The lowest BCUT2D eigenvalue weighted by Crippen LogP contribution is -3.14. The van der Waals surface area contributed by atoms with Gasteiger partial charge in [-0.3, -0.25) is 5.43 Å². The van der Waals surface area contributed by atoms with Gasteiger partial charge >= 0.3 is 0 Å². The number of quaternary nitrogens is 1. The summed E-state index contributed by atoms with van der Waals surface area (Å²) in [7, 11) is 0. The Labute approximate surface area is 117 Å². The first kappa shape index (κ1) is 14.0. The summed E-state index contributed by atoms with van der Waals surface area (Å²) in [5.41, 5.74) is 2.75. The van der Waals surface area contributed by atoms with Crippen molar-refractivity contribution in [2.75, 3.05) is 39.4 Å². The van der Waals surface area contributed by atoms with E-state index in [4.69, 9.17) is 21.4 Å². The van der Waals surface area contributed by atoms with Crippen LogP contribution in [0.1, 0.15) is 5.76 Å². The largest absolute Gasteiger partial charge is 0.463 e. The van der Waals surface area contributed by atoms with Gasteiger partial charge in [-0.1, -0.05) is 0 Å². The van der Waals surface area contributed by atoms with E-state index in [0.29, 0.717) is 10.9 Å². The van der Waals surface area contributed by atoms with Crippen LogP contribution in [0.15, 0.2) is 27.9 Å². The summed E-state index contributed by atoms with van der Waals surface area (Å²) < 4.78 is 10.4. The van der Waals surface area contributed by atoms with Crippen LogP contribution in [0.4, 0.5) is 0 Å². The molecule has 104 valence electrons. The predicted molar refractivity (Wildman–Crippen MR) is 76.4 cm³/mol. The van der Waals surface area contributed by atoms with E-state index in [-0.39, 0.29) is 0 Å². The maximum absolute atomic E-state index is 5.31. The third-order valence-electron chi connectivity index (χ3n) is 2.87. The Hall–Kier alpha value is -1.44. The number of furan rings is 1. The molecule has 0 bridgehead atoms. The first-order valence-corrected chi connectivity index (χ1v) is 6.77. The average molecular weight is 283 g/mol. The zero-order valence-electron chi connectivity index (χ0n) is 10.7. The summed E-state index contributed by atoms with van der Waals surface area (Å²) in [6, 6.07) is 3.63. The molecule has 0 spiro atoms. The molecule has 0 radical (unpaired) electrons. The van der Waals surface area contributed by atoms with Gasteiger partial charge in [-0.2, -0.15) is 5.10 Å². The van der Waals surface area contributed by atoms with Gasteiger partial charge in [-0.05, 0) is 24.4 Å². The molecule has 2 rings (SSSR count). The van der Waals surface area contributed by atoms with E-state index in [9.17, 15) is 0 Å². The topological polar surface area (TPSA) is 63.2 Å². The molecule has 1 aromatic rings. The van der Waals surface area contributed by atoms with Crippen molar-refractivity contribution in [2.24, 2.45) is 5.10 Å². The second kappa shape index (κ2) is 7.88. The summed E-state index contributed by atoms with van der Waals surface area (Å²) in [6.07, 6.45) is 3.18. The van der Waals surface area contributed by atoms with Crippen molar-refractivity contribution in [3.63, 3.8) is 0 Å². The van der Waals surface area contributed by atoms with Crippen molar-refractivity contribution < 1.29 is 14.1 Å². The quantitative estimate of drug-likeness (QED) is 0.367. The molecule has 1 fully saturated rings. The van der Waals surface area contributed by atoms with Crippen molar-refractivity contribution in [1.29, 1.82) is 0 Å². The molecule has 0 aliphatic carbocycles. The van der Waals surface area contributed by atoms with Crippen LogP contribution in [0.2, 0.25) is 0 Å². The van der Waals surface area contributed by atoms with Crippen LogP contribution in [-0.2, 0) is 4.74 Å². The SMILES string of the molecule is S=C(NCC[NH+]1CCOCC1)N/N=C\c1ccco1. The monoisotopic (exact) mass is 283 g/mol. The summed E-state index contributed by atoms with van der Waals surface area (Å²) >= 11 is 5.12. The third-order valence-corrected chi connectivity index (χ3v) is 3.10. The Kier molecular flexibility index (Phi) is 5.80. The van der Waals surface area contributed by atoms with Gasteiger partial charge in [-0.15, -0.1) is 0 Å². The van der Waals surface area contributed by atoms with Crippen LogP contribution in [0, 0.1) is 0 Å². The van der Waals surface area contributed by atoms with Gasteiger partial charge in [0.1, 0.15) is 18.8 Å². The van der Waals surface area contributed by atoms with Gasteiger partial charge in [0.05, 0.1) is 38.8 Å². The molecule has 0 saturated carbocycles. The molecule has 19 heavy (non-hydrogen) atoms. The molecule has 1 aromatic heterocycles. The van der Waals surface area contributed by atoms with Crippen molar-refractivity contribution in [1.82, 2.24) is 10.7 Å². The van der Waals surface area contributed by atoms with E-state index >= 15 is 0 Å². The number of thiocarbonyl (C=S) groups is 1. The Morgan fingerprint density at radius 2 is 2.32 bits per heavy atom. The number of hydrazone groups is 1. The second-order valence-corrected chi connectivity index (χ2v) is 4.66. The van der Waals surface area contributed by atoms with Crippen molar-refractivity contribution in [2.45, 2.75) is 0 Å². The molecule has 0 unspecified atom stereocenters. The number of rotatable bonds is 5. The molecule has 1 aliphatic rings. The van der Waals surface area contributed by atoms with Gasteiger partial charge in [0.25, 0.3) is 0 Å². The number of nitrogens with one attached hydrogen (secondary N) is 3. The summed E-state index contributed by atoms with van der Waals surface area (Å²) in [6.45, 7) is 5.71. The maximum Gasteiger partial charge on any atom is 0.187 e. The first-order valence-electron chi connectivity index (χ1n) is 6.36. The Balaban J connectivity index is 1.56. The minimum absolute atomic E-state index is 0.524. The molecule has 0 atom stereocenters. The lowest BCUT2D eigenvalue weighted by atomic mass is 10.4. The van der Waals surface area contributed by atoms with Gasteiger partial charge < -0.3 is 19.4 Å². The first-order chi connectivity index (χ1) is 9.34. The van der Waals surface area contributed by atoms with Crippen molar-refractivity contribution in [3.05, 3.63) is 24.2 Å². The molecular weight excluding hydrogens is 264 g/mol. The van der Waals surface area contributed by atoms with Crippen LogP contribution < -0.4 is 15.6 Å². The van der Waals surface area contributed by atoms with Gasteiger partial charge in [0, 0.05) is 0 Å². The molecule has 0 amide bonds. The third kappa shape index (κ3) is 5.37. The molecule has 0 aromatic carbocycles. The predicted octanol–water partition coefficient (Wildman–Crippen LogP) is -1.01. The number of ether oxygens (including phenoxy) is 1. The zero-order valence-corrected chi connectivity index (χ0v) is 11.5.